The number of piperidine rings is 1. The van der Waals surface area contributed by atoms with Crippen molar-refractivity contribution in [1.29, 1.82) is 0 Å². The predicted octanol–water partition coefficient (Wildman–Crippen LogP) is 2.89. The molecule has 2 aliphatic heterocycles. The first-order valence-electron chi connectivity index (χ1n) is 10.6. The quantitative estimate of drug-likeness (QED) is 0.628. The molecule has 4 amide bonds. The zero-order valence-corrected chi connectivity index (χ0v) is 19.4. The fraction of sp³-hybridized carbons (Fsp3) is 0.391. The highest BCUT2D eigenvalue weighted by atomic mass is 32.2. The number of hydrogen-bond acceptors (Lipinski definition) is 6. The molecule has 0 radical (unpaired) electrons. The minimum absolute atomic E-state index is 0.00426. The molecule has 7 nitrogen and oxygen atoms in total. The van der Waals surface area contributed by atoms with Gasteiger partial charge in [0.1, 0.15) is 6.04 Å². The molecule has 1 N–H and O–H groups in total. The number of nitrogens with one attached hydrogen (secondary N) is 1. The number of rotatable bonds is 7. The van der Waals surface area contributed by atoms with E-state index in [0.29, 0.717) is 54.8 Å². The van der Waals surface area contributed by atoms with Gasteiger partial charge in [0.2, 0.25) is 5.91 Å². The first kappa shape index (κ1) is 22.5. The molecular weight excluding hydrogens is 446 g/mol. The minimum atomic E-state index is -0.813. The van der Waals surface area contributed by atoms with Gasteiger partial charge in [-0.25, -0.2) is 0 Å². The minimum Gasteiger partial charge on any atom is -0.349 e. The summed E-state index contributed by atoms with van der Waals surface area (Å²) in [6.45, 7) is 0.957. The maximum absolute atomic E-state index is 13.4. The summed E-state index contributed by atoms with van der Waals surface area (Å²) in [5.74, 6) is -0.432. The molecular formula is C23H25N3O4S2. The van der Waals surface area contributed by atoms with Gasteiger partial charge in [-0.1, -0.05) is 12.1 Å². The number of imide groups is 1. The summed E-state index contributed by atoms with van der Waals surface area (Å²) in [5.41, 5.74) is 1.36. The van der Waals surface area contributed by atoms with Crippen LogP contribution in [0.5, 0.6) is 0 Å². The molecule has 1 saturated heterocycles. The van der Waals surface area contributed by atoms with Crippen molar-refractivity contribution < 1.29 is 19.2 Å². The van der Waals surface area contributed by atoms with Gasteiger partial charge in [0.15, 0.2) is 0 Å². The molecule has 0 saturated carbocycles. The Morgan fingerprint density at radius 2 is 1.78 bits per heavy atom. The van der Waals surface area contributed by atoms with E-state index in [0.717, 1.165) is 4.90 Å². The van der Waals surface area contributed by atoms with E-state index in [9.17, 15) is 19.2 Å². The average Bonchev–Trinajstić information content (AvgIpc) is 3.43. The van der Waals surface area contributed by atoms with Gasteiger partial charge < -0.3 is 10.2 Å². The fourth-order valence-corrected chi connectivity index (χ4v) is 5.30. The van der Waals surface area contributed by atoms with Crippen LogP contribution in [0.2, 0.25) is 0 Å². The Kier molecular flexibility index (Phi) is 6.95. The van der Waals surface area contributed by atoms with Crippen molar-refractivity contribution >= 4 is 46.7 Å². The van der Waals surface area contributed by atoms with E-state index in [-0.39, 0.29) is 17.9 Å². The third kappa shape index (κ3) is 4.45. The van der Waals surface area contributed by atoms with E-state index in [1.54, 1.807) is 47.0 Å². The zero-order chi connectivity index (χ0) is 22.7. The molecule has 9 heteroatoms. The number of thiophene rings is 1. The highest BCUT2D eigenvalue weighted by Crippen LogP contribution is 2.27. The Labute approximate surface area is 195 Å². The highest BCUT2D eigenvalue weighted by molar-refractivity contribution is 7.98. The van der Waals surface area contributed by atoms with Crippen molar-refractivity contribution in [1.82, 2.24) is 15.1 Å². The van der Waals surface area contributed by atoms with E-state index in [1.165, 1.54) is 11.3 Å². The Hall–Kier alpha value is -2.65. The fourth-order valence-electron chi connectivity index (χ4n) is 4.20. The molecule has 1 fully saturated rings. The molecule has 1 aromatic heterocycles. The number of carbonyl (C=O) groups excluding carboxylic acids is 4. The van der Waals surface area contributed by atoms with Crippen LogP contribution in [0, 0.1) is 0 Å². The van der Waals surface area contributed by atoms with Gasteiger partial charge >= 0.3 is 0 Å². The molecule has 1 atom stereocenters. The van der Waals surface area contributed by atoms with Gasteiger partial charge in [-0.05, 0) is 54.9 Å². The van der Waals surface area contributed by atoms with Crippen molar-refractivity contribution in [3.05, 3.63) is 57.8 Å². The summed E-state index contributed by atoms with van der Waals surface area (Å²) in [6, 6.07) is 7.68. The van der Waals surface area contributed by atoms with Crippen molar-refractivity contribution in [2.45, 2.75) is 31.3 Å². The normalized spacial score (nSPS) is 17.4. The molecule has 4 rings (SSSR count). The van der Waals surface area contributed by atoms with Crippen LogP contribution in [-0.4, -0.2) is 70.6 Å². The molecule has 2 aliphatic rings. The molecule has 1 aromatic carbocycles. The number of likely N-dealkylation sites (tertiary alicyclic amines) is 1. The van der Waals surface area contributed by atoms with Gasteiger partial charge in [-0.2, -0.15) is 23.1 Å². The lowest BCUT2D eigenvalue weighted by Gasteiger charge is -2.36. The number of thioether (sulfide) groups is 1. The van der Waals surface area contributed by atoms with Gasteiger partial charge in [-0.3, -0.25) is 24.1 Å². The number of nitrogens with zero attached hydrogens (tertiary/aromatic N) is 2. The number of benzene rings is 1. The third-order valence-corrected chi connectivity index (χ3v) is 7.27. The SMILES string of the molecule is CSCCC(C(=O)N1CCC(NC(=O)c2ccsc2)CC1)N1C(=O)c2ccccc2C1=O. The van der Waals surface area contributed by atoms with Crippen LogP contribution in [0.25, 0.3) is 0 Å². The largest absolute Gasteiger partial charge is 0.349 e. The Morgan fingerprint density at radius 1 is 1.12 bits per heavy atom. The van der Waals surface area contributed by atoms with Crippen molar-refractivity contribution in [3.63, 3.8) is 0 Å². The molecule has 168 valence electrons. The molecule has 0 spiro atoms. The van der Waals surface area contributed by atoms with E-state index in [4.69, 9.17) is 0 Å². The van der Waals surface area contributed by atoms with Crippen molar-refractivity contribution in [2.24, 2.45) is 0 Å². The molecule has 32 heavy (non-hydrogen) atoms. The molecule has 0 aliphatic carbocycles. The average molecular weight is 472 g/mol. The van der Waals surface area contributed by atoms with Gasteiger partial charge in [-0.15, -0.1) is 0 Å². The standard InChI is InChI=1S/C23H25N3O4S2/c1-31-12-9-19(26-21(28)17-4-2-3-5-18(17)22(26)29)23(30)25-10-6-16(7-11-25)24-20(27)15-8-13-32-14-15/h2-5,8,13-14,16,19H,6-7,9-12H2,1H3,(H,24,27). The van der Waals surface area contributed by atoms with Gasteiger partial charge in [0.25, 0.3) is 17.7 Å². The topological polar surface area (TPSA) is 86.8 Å². The summed E-state index contributed by atoms with van der Waals surface area (Å²) < 4.78 is 0. The third-order valence-electron chi connectivity index (χ3n) is 5.94. The maximum Gasteiger partial charge on any atom is 0.262 e. The summed E-state index contributed by atoms with van der Waals surface area (Å²) in [4.78, 5) is 54.5. The number of hydrogen-bond donors (Lipinski definition) is 1. The smallest absolute Gasteiger partial charge is 0.262 e. The lowest BCUT2D eigenvalue weighted by atomic mass is 10.0. The molecule has 0 bridgehead atoms. The maximum atomic E-state index is 13.4. The Morgan fingerprint density at radius 3 is 2.34 bits per heavy atom. The summed E-state index contributed by atoms with van der Waals surface area (Å²) in [5, 5.41) is 6.71. The van der Waals surface area contributed by atoms with E-state index >= 15 is 0 Å². The van der Waals surface area contributed by atoms with Crippen LogP contribution in [0.3, 0.4) is 0 Å². The number of amides is 4. The van der Waals surface area contributed by atoms with Gasteiger partial charge in [0, 0.05) is 30.1 Å². The second kappa shape index (κ2) is 9.87. The van der Waals surface area contributed by atoms with Crippen LogP contribution in [0.1, 0.15) is 50.3 Å². The lowest BCUT2D eigenvalue weighted by Crippen LogP contribution is -2.54. The second-order valence-electron chi connectivity index (χ2n) is 7.91. The zero-order valence-electron chi connectivity index (χ0n) is 17.8. The van der Waals surface area contributed by atoms with Crippen LogP contribution in [0.15, 0.2) is 41.1 Å². The molecule has 1 unspecified atom stereocenters. The first-order chi connectivity index (χ1) is 15.5. The second-order valence-corrected chi connectivity index (χ2v) is 9.67. The van der Waals surface area contributed by atoms with E-state index in [2.05, 4.69) is 5.32 Å². The monoisotopic (exact) mass is 471 g/mol. The van der Waals surface area contributed by atoms with E-state index < -0.39 is 17.9 Å². The number of carbonyl (C=O) groups is 4. The summed E-state index contributed by atoms with van der Waals surface area (Å²) in [6.07, 6.45) is 3.63. The van der Waals surface area contributed by atoms with Gasteiger partial charge in [0.05, 0.1) is 11.1 Å². The Bertz CT molecular complexity index is 981. The lowest BCUT2D eigenvalue weighted by molar-refractivity contribution is -0.136. The molecule has 2 aromatic rings. The summed E-state index contributed by atoms with van der Waals surface area (Å²) >= 11 is 3.05. The van der Waals surface area contributed by atoms with Crippen LogP contribution < -0.4 is 5.32 Å². The van der Waals surface area contributed by atoms with Crippen molar-refractivity contribution in [3.8, 4) is 0 Å². The highest BCUT2D eigenvalue weighted by Gasteiger charge is 2.43. The molecule has 3 heterocycles. The number of fused-ring (bicyclic) bond motifs is 1. The summed E-state index contributed by atoms with van der Waals surface area (Å²) in [7, 11) is 0. The van der Waals surface area contributed by atoms with Crippen LogP contribution >= 0.6 is 23.1 Å². The van der Waals surface area contributed by atoms with Crippen LogP contribution in [0.4, 0.5) is 0 Å². The van der Waals surface area contributed by atoms with E-state index in [1.807, 2.05) is 17.0 Å². The van der Waals surface area contributed by atoms with Crippen LogP contribution in [-0.2, 0) is 4.79 Å². The first-order valence-corrected chi connectivity index (χ1v) is 12.9. The Balaban J connectivity index is 1.42. The predicted molar refractivity (Wildman–Crippen MR) is 125 cm³/mol. The van der Waals surface area contributed by atoms with Crippen molar-refractivity contribution in [2.75, 3.05) is 25.1 Å².